The molecule has 1 heterocycles. The lowest BCUT2D eigenvalue weighted by molar-refractivity contribution is -0.273. The number of hydrogen-bond donors (Lipinski definition) is 0. The second kappa shape index (κ2) is 5.53. The van der Waals surface area contributed by atoms with E-state index in [1.807, 2.05) is 0 Å². The van der Waals surface area contributed by atoms with Crippen LogP contribution in [-0.2, 0) is 0 Å². The van der Waals surface area contributed by atoms with Crippen LogP contribution in [0.5, 0.6) is 0 Å². The minimum absolute atomic E-state index is 0.123. The van der Waals surface area contributed by atoms with E-state index in [9.17, 15) is 48.3 Å². The number of rotatable bonds is 2. The predicted octanol–water partition coefficient (Wildman–Crippen LogP) is 4.66. The van der Waals surface area contributed by atoms with Gasteiger partial charge in [0.05, 0.1) is 0 Å². The van der Waals surface area contributed by atoms with Crippen LogP contribution in [-0.4, -0.2) is 42.3 Å². The van der Waals surface area contributed by atoms with Crippen LogP contribution < -0.4 is 0 Å². The zero-order valence-corrected chi connectivity index (χ0v) is 10.4. The van der Waals surface area contributed by atoms with E-state index in [0.29, 0.717) is 0 Å². The van der Waals surface area contributed by atoms with E-state index in [-0.39, 0.29) is 12.8 Å². The quantitative estimate of drug-likeness (QED) is 0.517. The lowest BCUT2D eigenvalue weighted by Gasteiger charge is -2.36. The summed E-state index contributed by atoms with van der Waals surface area (Å²) in [5, 5.41) is 0. The van der Waals surface area contributed by atoms with Gasteiger partial charge in [-0.05, 0) is 12.8 Å². The number of allylic oxidation sites excluding steroid dienone is 1. The van der Waals surface area contributed by atoms with Crippen LogP contribution in [0, 0.1) is 0 Å². The SMILES string of the molecule is FC(=C(C(F)(F)F)C(F)(F)F)C(F)(N1CCCC1)C(F)(F)F. The second-order valence-corrected chi connectivity index (χ2v) is 4.50. The Labute approximate surface area is 116 Å². The molecule has 0 aromatic heterocycles. The number of alkyl halides is 10. The molecule has 1 unspecified atom stereocenters. The Hall–Kier alpha value is -1.07. The third kappa shape index (κ3) is 3.30. The molecule has 12 heteroatoms. The van der Waals surface area contributed by atoms with Gasteiger partial charge in [-0.15, -0.1) is 0 Å². The molecular weight excluding hydrogens is 343 g/mol. The number of nitrogens with zero attached hydrogens (tertiary/aromatic N) is 1. The van der Waals surface area contributed by atoms with Crippen LogP contribution in [0.2, 0.25) is 0 Å². The third-order valence-electron chi connectivity index (χ3n) is 2.99. The van der Waals surface area contributed by atoms with Crippen LogP contribution in [0.4, 0.5) is 48.3 Å². The zero-order valence-electron chi connectivity index (χ0n) is 10.4. The Morgan fingerprint density at radius 3 is 1.32 bits per heavy atom. The van der Waals surface area contributed by atoms with Gasteiger partial charge >= 0.3 is 24.3 Å². The monoisotopic (exact) mass is 351 g/mol. The summed E-state index contributed by atoms with van der Waals surface area (Å²) in [5.74, 6) is -9.42. The average Bonchev–Trinajstić information content (AvgIpc) is 2.75. The minimum Gasteiger partial charge on any atom is -0.258 e. The number of halogens is 11. The van der Waals surface area contributed by atoms with Gasteiger partial charge in [0, 0.05) is 13.1 Å². The van der Waals surface area contributed by atoms with Crippen LogP contribution in [0.1, 0.15) is 12.8 Å². The molecule has 22 heavy (non-hydrogen) atoms. The maximum atomic E-state index is 14.1. The predicted molar refractivity (Wildman–Crippen MR) is 50.9 cm³/mol. The third-order valence-corrected chi connectivity index (χ3v) is 2.99. The van der Waals surface area contributed by atoms with Crippen molar-refractivity contribution >= 4 is 0 Å². The maximum absolute atomic E-state index is 14.1. The smallest absolute Gasteiger partial charge is 0.258 e. The molecule has 0 bridgehead atoms. The van der Waals surface area contributed by atoms with Crippen molar-refractivity contribution in [1.82, 2.24) is 4.90 Å². The standard InChI is InChI=1S/C10H8F11N/c11-6(5(8(13,14)15)9(16,17)18)7(12,10(19,20)21)22-3-1-2-4-22/h1-4H2. The Morgan fingerprint density at radius 2 is 1.05 bits per heavy atom. The molecule has 0 spiro atoms. The van der Waals surface area contributed by atoms with E-state index >= 15 is 0 Å². The van der Waals surface area contributed by atoms with Gasteiger partial charge in [0.25, 0.3) is 0 Å². The topological polar surface area (TPSA) is 3.24 Å². The zero-order chi connectivity index (χ0) is 17.6. The van der Waals surface area contributed by atoms with Gasteiger partial charge in [0.15, 0.2) is 11.4 Å². The number of hydrogen-bond acceptors (Lipinski definition) is 1. The molecule has 0 saturated carbocycles. The largest absolute Gasteiger partial charge is 0.443 e. The molecule has 0 aliphatic carbocycles. The van der Waals surface area contributed by atoms with Crippen LogP contribution in [0.15, 0.2) is 11.4 Å². The van der Waals surface area contributed by atoms with Crippen molar-refractivity contribution in [2.24, 2.45) is 0 Å². The lowest BCUT2D eigenvalue weighted by atomic mass is 10.1. The molecule has 0 aromatic carbocycles. The molecule has 0 N–H and O–H groups in total. The molecule has 1 nitrogen and oxygen atoms in total. The van der Waals surface area contributed by atoms with Crippen molar-refractivity contribution in [3.63, 3.8) is 0 Å². The van der Waals surface area contributed by atoms with Crippen molar-refractivity contribution in [3.05, 3.63) is 11.4 Å². The Morgan fingerprint density at radius 1 is 0.682 bits per heavy atom. The Kier molecular flexibility index (Phi) is 4.77. The fourth-order valence-electron chi connectivity index (χ4n) is 2.04. The Balaban J connectivity index is 3.61. The summed E-state index contributed by atoms with van der Waals surface area (Å²) in [6.45, 7) is -1.65. The van der Waals surface area contributed by atoms with Crippen LogP contribution in [0.25, 0.3) is 0 Å². The lowest BCUT2D eigenvalue weighted by Crippen LogP contribution is -2.56. The second-order valence-electron chi connectivity index (χ2n) is 4.50. The average molecular weight is 351 g/mol. The first-order valence-electron chi connectivity index (χ1n) is 5.68. The molecule has 1 saturated heterocycles. The highest BCUT2D eigenvalue weighted by Crippen LogP contribution is 2.51. The van der Waals surface area contributed by atoms with Crippen LogP contribution in [0.3, 0.4) is 0 Å². The first-order valence-corrected chi connectivity index (χ1v) is 5.68. The normalized spacial score (nSPS) is 20.9. The van der Waals surface area contributed by atoms with E-state index < -0.39 is 53.7 Å². The van der Waals surface area contributed by atoms with Crippen molar-refractivity contribution < 1.29 is 48.3 Å². The minimum atomic E-state index is -6.54. The molecular formula is C10H8F11N. The molecule has 1 rings (SSSR count). The first-order chi connectivity index (χ1) is 9.63. The first kappa shape index (κ1) is 19.0. The van der Waals surface area contributed by atoms with E-state index in [0.717, 1.165) is 0 Å². The summed E-state index contributed by atoms with van der Waals surface area (Å²) in [6, 6.07) is 0. The fourth-order valence-corrected chi connectivity index (χ4v) is 2.04. The molecule has 130 valence electrons. The van der Waals surface area contributed by atoms with E-state index in [4.69, 9.17) is 0 Å². The van der Waals surface area contributed by atoms with Crippen molar-refractivity contribution in [2.45, 2.75) is 37.2 Å². The van der Waals surface area contributed by atoms with E-state index in [1.165, 1.54) is 0 Å². The highest BCUT2D eigenvalue weighted by molar-refractivity contribution is 5.28. The molecule has 1 atom stereocenters. The highest BCUT2D eigenvalue weighted by atomic mass is 19.4. The molecule has 1 aliphatic heterocycles. The highest BCUT2D eigenvalue weighted by Gasteiger charge is 2.68. The molecule has 0 radical (unpaired) electrons. The van der Waals surface area contributed by atoms with E-state index in [2.05, 4.69) is 0 Å². The van der Waals surface area contributed by atoms with Gasteiger partial charge in [-0.2, -0.15) is 39.5 Å². The molecule has 1 aliphatic rings. The summed E-state index contributed by atoms with van der Waals surface area (Å²) < 4.78 is 140. The number of likely N-dealkylation sites (tertiary alicyclic amines) is 1. The van der Waals surface area contributed by atoms with Gasteiger partial charge < -0.3 is 0 Å². The molecule has 1 fully saturated rings. The summed E-state index contributed by atoms with van der Waals surface area (Å²) in [5.41, 5.74) is -4.13. The van der Waals surface area contributed by atoms with Gasteiger partial charge in [0.1, 0.15) is 0 Å². The van der Waals surface area contributed by atoms with E-state index in [1.54, 1.807) is 0 Å². The van der Waals surface area contributed by atoms with Gasteiger partial charge in [-0.25, -0.2) is 8.78 Å². The molecule has 0 aromatic rings. The summed E-state index contributed by atoms with van der Waals surface area (Å²) in [6.07, 6.45) is -19.6. The fraction of sp³-hybridized carbons (Fsp3) is 0.800. The van der Waals surface area contributed by atoms with Crippen molar-refractivity contribution in [1.29, 1.82) is 0 Å². The summed E-state index contributed by atoms with van der Waals surface area (Å²) in [4.78, 5) is -0.417. The maximum Gasteiger partial charge on any atom is 0.443 e. The van der Waals surface area contributed by atoms with Crippen molar-refractivity contribution in [3.8, 4) is 0 Å². The molecule has 0 amide bonds. The van der Waals surface area contributed by atoms with Crippen molar-refractivity contribution in [2.75, 3.05) is 13.1 Å². The van der Waals surface area contributed by atoms with Gasteiger partial charge in [-0.3, -0.25) is 4.90 Å². The van der Waals surface area contributed by atoms with Gasteiger partial charge in [-0.1, -0.05) is 0 Å². The summed E-state index contributed by atoms with van der Waals surface area (Å²) >= 11 is 0. The van der Waals surface area contributed by atoms with Gasteiger partial charge in [0.2, 0.25) is 0 Å². The summed E-state index contributed by atoms with van der Waals surface area (Å²) in [7, 11) is 0. The Bertz CT molecular complexity index is 421. The van der Waals surface area contributed by atoms with Crippen LogP contribution >= 0.6 is 0 Å².